The number of ether oxygens (including phenoxy) is 2. The van der Waals surface area contributed by atoms with E-state index in [0.29, 0.717) is 10.9 Å². The van der Waals surface area contributed by atoms with Crippen LogP contribution < -0.4 is 10.1 Å². The summed E-state index contributed by atoms with van der Waals surface area (Å²) in [6.07, 6.45) is 0. The Morgan fingerprint density at radius 3 is 2.92 bits per heavy atom. The van der Waals surface area contributed by atoms with Crippen LogP contribution in [0.4, 0.5) is 10.8 Å². The van der Waals surface area contributed by atoms with Gasteiger partial charge in [0.1, 0.15) is 5.75 Å². The zero-order valence-electron chi connectivity index (χ0n) is 13.5. The number of anilines is 1. The van der Waals surface area contributed by atoms with E-state index in [0.717, 1.165) is 23.1 Å². The van der Waals surface area contributed by atoms with E-state index >= 15 is 0 Å². The highest BCUT2D eigenvalue weighted by Gasteiger charge is 2.12. The van der Waals surface area contributed by atoms with Gasteiger partial charge in [0, 0.05) is 6.07 Å². The first-order chi connectivity index (χ1) is 12.5. The molecule has 26 heavy (non-hydrogen) atoms. The maximum absolute atomic E-state index is 11.9. The molecule has 0 unspecified atom stereocenters. The number of non-ortho nitro benzene ring substituents is 1. The van der Waals surface area contributed by atoms with Crippen LogP contribution in [0.2, 0.25) is 0 Å². The van der Waals surface area contributed by atoms with Gasteiger partial charge in [-0.05, 0) is 13.0 Å². The van der Waals surface area contributed by atoms with E-state index in [1.165, 1.54) is 24.3 Å². The fourth-order valence-electron chi connectivity index (χ4n) is 1.63. The van der Waals surface area contributed by atoms with Crippen molar-refractivity contribution in [3.63, 3.8) is 0 Å². The van der Waals surface area contributed by atoms with Crippen LogP contribution in [0.15, 0.2) is 28.6 Å². The number of carbonyl (C=O) groups is 2. The molecule has 1 heterocycles. The molecule has 0 radical (unpaired) electrons. The number of thioether (sulfide) groups is 1. The van der Waals surface area contributed by atoms with Crippen molar-refractivity contribution >= 4 is 45.8 Å². The van der Waals surface area contributed by atoms with Crippen LogP contribution in [-0.2, 0) is 14.3 Å². The Kier molecular flexibility index (Phi) is 7.29. The SMILES string of the molecule is CCOC(=O)CSc1nnc(NC(=O)COc2cccc([N+](=O)[O-])c2)s1. The molecule has 0 atom stereocenters. The van der Waals surface area contributed by atoms with E-state index in [9.17, 15) is 19.7 Å². The molecule has 10 nitrogen and oxygen atoms in total. The van der Waals surface area contributed by atoms with Crippen molar-refractivity contribution in [2.45, 2.75) is 11.3 Å². The molecule has 0 aliphatic rings. The first-order valence-electron chi connectivity index (χ1n) is 7.27. The van der Waals surface area contributed by atoms with Crippen molar-refractivity contribution in [1.29, 1.82) is 0 Å². The molecular weight excluding hydrogens is 384 g/mol. The average molecular weight is 398 g/mol. The largest absolute Gasteiger partial charge is 0.484 e. The third-order valence-electron chi connectivity index (χ3n) is 2.67. The van der Waals surface area contributed by atoms with E-state index in [4.69, 9.17) is 9.47 Å². The van der Waals surface area contributed by atoms with Gasteiger partial charge in [0.25, 0.3) is 11.6 Å². The van der Waals surface area contributed by atoms with Gasteiger partial charge in [0.15, 0.2) is 10.9 Å². The number of nitro groups is 1. The van der Waals surface area contributed by atoms with Crippen molar-refractivity contribution in [3.05, 3.63) is 34.4 Å². The zero-order valence-corrected chi connectivity index (χ0v) is 15.2. The Hall–Kier alpha value is -2.73. The van der Waals surface area contributed by atoms with Crippen LogP contribution in [-0.4, -0.2) is 46.0 Å². The van der Waals surface area contributed by atoms with Crippen LogP contribution >= 0.6 is 23.1 Å². The molecule has 138 valence electrons. The molecular formula is C14H14N4O6S2. The van der Waals surface area contributed by atoms with Crippen LogP contribution in [0.5, 0.6) is 5.75 Å². The lowest BCUT2D eigenvalue weighted by Gasteiger charge is -2.05. The molecule has 1 amide bonds. The summed E-state index contributed by atoms with van der Waals surface area (Å²) in [5.41, 5.74) is -0.129. The quantitative estimate of drug-likeness (QED) is 0.221. The molecule has 2 aromatic rings. The van der Waals surface area contributed by atoms with Crippen molar-refractivity contribution < 1.29 is 24.0 Å². The first-order valence-corrected chi connectivity index (χ1v) is 9.07. The van der Waals surface area contributed by atoms with Gasteiger partial charge < -0.3 is 9.47 Å². The number of amides is 1. The predicted molar refractivity (Wildman–Crippen MR) is 94.5 cm³/mol. The van der Waals surface area contributed by atoms with Gasteiger partial charge in [-0.1, -0.05) is 29.2 Å². The van der Waals surface area contributed by atoms with E-state index < -0.39 is 10.8 Å². The first kappa shape index (κ1) is 19.6. The molecule has 0 spiro atoms. The molecule has 1 aromatic heterocycles. The lowest BCUT2D eigenvalue weighted by atomic mass is 10.3. The summed E-state index contributed by atoms with van der Waals surface area (Å²) < 4.78 is 10.5. The number of benzene rings is 1. The summed E-state index contributed by atoms with van der Waals surface area (Å²) in [6, 6.07) is 5.52. The summed E-state index contributed by atoms with van der Waals surface area (Å²) in [7, 11) is 0. The normalized spacial score (nSPS) is 10.2. The van der Waals surface area contributed by atoms with Gasteiger partial charge in [0.05, 0.1) is 23.3 Å². The monoisotopic (exact) mass is 398 g/mol. The Labute approximate surface area is 156 Å². The maximum atomic E-state index is 11.9. The smallest absolute Gasteiger partial charge is 0.316 e. The predicted octanol–water partition coefficient (Wildman–Crippen LogP) is 2.12. The molecule has 1 N–H and O–H groups in total. The van der Waals surface area contributed by atoms with Gasteiger partial charge in [-0.3, -0.25) is 25.0 Å². The van der Waals surface area contributed by atoms with Crippen LogP contribution in [0, 0.1) is 10.1 Å². The van der Waals surface area contributed by atoms with Crippen molar-refractivity contribution in [2.24, 2.45) is 0 Å². The van der Waals surface area contributed by atoms with Crippen LogP contribution in [0.1, 0.15) is 6.92 Å². The molecule has 0 bridgehead atoms. The molecule has 12 heteroatoms. The van der Waals surface area contributed by atoms with Gasteiger partial charge in [-0.25, -0.2) is 0 Å². The number of carbonyl (C=O) groups excluding carboxylic acids is 2. The van der Waals surface area contributed by atoms with Crippen molar-refractivity contribution in [3.8, 4) is 5.75 Å². The third kappa shape index (κ3) is 6.29. The molecule has 1 aromatic carbocycles. The minimum Gasteiger partial charge on any atom is -0.484 e. The Morgan fingerprint density at radius 1 is 1.38 bits per heavy atom. The lowest BCUT2D eigenvalue weighted by molar-refractivity contribution is -0.384. The fourth-order valence-corrected chi connectivity index (χ4v) is 3.20. The topological polar surface area (TPSA) is 134 Å². The second-order valence-corrected chi connectivity index (χ2v) is 6.76. The van der Waals surface area contributed by atoms with Crippen molar-refractivity contribution in [1.82, 2.24) is 10.2 Å². The number of aromatic nitrogens is 2. The van der Waals surface area contributed by atoms with E-state index in [-0.39, 0.29) is 34.9 Å². The molecule has 0 saturated carbocycles. The minimum absolute atomic E-state index is 0.103. The second-order valence-electron chi connectivity index (χ2n) is 4.56. The minimum atomic E-state index is -0.552. The molecule has 0 aliphatic carbocycles. The van der Waals surface area contributed by atoms with E-state index in [2.05, 4.69) is 15.5 Å². The average Bonchev–Trinajstić information content (AvgIpc) is 3.06. The van der Waals surface area contributed by atoms with Gasteiger partial charge in [0.2, 0.25) is 5.13 Å². The molecule has 0 fully saturated rings. The Morgan fingerprint density at radius 2 is 2.19 bits per heavy atom. The number of rotatable bonds is 9. The zero-order chi connectivity index (χ0) is 18.9. The van der Waals surface area contributed by atoms with E-state index in [1.54, 1.807) is 6.92 Å². The summed E-state index contributed by atoms with van der Waals surface area (Å²) in [5, 5.41) is 21.1. The number of nitrogens with zero attached hydrogens (tertiary/aromatic N) is 3. The second kappa shape index (κ2) is 9.68. The van der Waals surface area contributed by atoms with Gasteiger partial charge >= 0.3 is 5.97 Å². The van der Waals surface area contributed by atoms with Crippen LogP contribution in [0.25, 0.3) is 0 Å². The van der Waals surface area contributed by atoms with Gasteiger partial charge in [-0.15, -0.1) is 10.2 Å². The number of hydrogen-bond acceptors (Lipinski definition) is 10. The number of esters is 1. The highest BCUT2D eigenvalue weighted by molar-refractivity contribution is 8.01. The molecule has 0 saturated heterocycles. The van der Waals surface area contributed by atoms with Gasteiger partial charge in [-0.2, -0.15) is 0 Å². The number of nitro benzene ring substituents is 1. The highest BCUT2D eigenvalue weighted by Crippen LogP contribution is 2.25. The Bertz CT molecular complexity index is 797. The third-order valence-corrected chi connectivity index (χ3v) is 4.62. The lowest BCUT2D eigenvalue weighted by Crippen LogP contribution is -2.20. The number of hydrogen-bond donors (Lipinski definition) is 1. The van der Waals surface area contributed by atoms with E-state index in [1.807, 2.05) is 0 Å². The maximum Gasteiger partial charge on any atom is 0.316 e. The summed E-state index contributed by atoms with van der Waals surface area (Å²) in [6.45, 7) is 1.68. The van der Waals surface area contributed by atoms with Crippen LogP contribution in [0.3, 0.4) is 0 Å². The molecule has 2 rings (SSSR count). The summed E-state index contributed by atoms with van der Waals surface area (Å²) in [5.74, 6) is -0.540. The van der Waals surface area contributed by atoms with Crippen molar-refractivity contribution in [2.75, 3.05) is 24.3 Å². The standard InChI is InChI=1S/C14H14N4O6S2/c1-2-23-12(20)8-25-14-17-16-13(26-14)15-11(19)7-24-10-5-3-4-9(6-10)18(21)22/h3-6H,2,7-8H2,1H3,(H,15,16,19). The summed E-state index contributed by atoms with van der Waals surface area (Å²) in [4.78, 5) is 33.3. The fraction of sp³-hybridized carbons (Fsp3) is 0.286. The summed E-state index contributed by atoms with van der Waals surface area (Å²) >= 11 is 2.26. The highest BCUT2D eigenvalue weighted by atomic mass is 32.2. The molecule has 0 aliphatic heterocycles. The Balaban J connectivity index is 1.80. The number of nitrogens with one attached hydrogen (secondary N) is 1.